The zero-order valence-corrected chi connectivity index (χ0v) is 21.1. The lowest BCUT2D eigenvalue weighted by Gasteiger charge is -2.37. The van der Waals surface area contributed by atoms with Crippen LogP contribution in [0.5, 0.6) is 0 Å². The number of aliphatic hydroxyl groups excluding tert-OH is 1. The van der Waals surface area contributed by atoms with Crippen molar-refractivity contribution in [3.63, 3.8) is 0 Å². The molecule has 0 saturated carbocycles. The molecule has 0 saturated heterocycles. The first-order chi connectivity index (χ1) is 12.6. The standard InChI is InChI=1S/C24H48N2O3/c1-21(2,3)14-17(23(7,8)9)25-19(28)13-16(27)20(29)26-18(24(10,11)12)15-22(4,5)6/h16-18,27H,13-15H2,1-12H3,(H,25,28)(H,26,29). The molecule has 3 unspecified atom stereocenters. The highest BCUT2D eigenvalue weighted by Gasteiger charge is 2.34. The van der Waals surface area contributed by atoms with E-state index in [9.17, 15) is 14.7 Å². The molecule has 0 fully saturated rings. The quantitative estimate of drug-likeness (QED) is 0.568. The van der Waals surface area contributed by atoms with Gasteiger partial charge >= 0.3 is 0 Å². The molecule has 5 heteroatoms. The number of aliphatic hydroxyl groups is 1. The van der Waals surface area contributed by atoms with Crippen LogP contribution in [0.1, 0.15) is 102 Å². The lowest BCUT2D eigenvalue weighted by molar-refractivity contribution is -0.136. The summed E-state index contributed by atoms with van der Waals surface area (Å²) in [6.07, 6.45) is 0.0331. The van der Waals surface area contributed by atoms with Crippen molar-refractivity contribution in [2.45, 2.75) is 121 Å². The van der Waals surface area contributed by atoms with Crippen molar-refractivity contribution in [2.24, 2.45) is 21.7 Å². The van der Waals surface area contributed by atoms with Gasteiger partial charge in [-0.3, -0.25) is 9.59 Å². The molecule has 0 aliphatic carbocycles. The third kappa shape index (κ3) is 12.2. The summed E-state index contributed by atoms with van der Waals surface area (Å²) in [5.74, 6) is -0.771. The molecule has 29 heavy (non-hydrogen) atoms. The summed E-state index contributed by atoms with van der Waals surface area (Å²) >= 11 is 0. The van der Waals surface area contributed by atoms with E-state index in [1.807, 2.05) is 0 Å². The molecule has 0 heterocycles. The first-order valence-corrected chi connectivity index (χ1v) is 10.9. The fourth-order valence-corrected chi connectivity index (χ4v) is 3.16. The van der Waals surface area contributed by atoms with Gasteiger partial charge in [-0.25, -0.2) is 0 Å². The zero-order chi connectivity index (χ0) is 23.4. The van der Waals surface area contributed by atoms with Crippen molar-refractivity contribution >= 4 is 11.8 Å². The van der Waals surface area contributed by atoms with Gasteiger partial charge in [0.05, 0.1) is 6.42 Å². The smallest absolute Gasteiger partial charge is 0.249 e. The van der Waals surface area contributed by atoms with E-state index >= 15 is 0 Å². The Kier molecular flexibility index (Phi) is 9.43. The highest BCUT2D eigenvalue weighted by molar-refractivity contribution is 5.87. The van der Waals surface area contributed by atoms with Crippen molar-refractivity contribution in [1.29, 1.82) is 0 Å². The monoisotopic (exact) mass is 412 g/mol. The SMILES string of the molecule is CC(C)(C)CC(NC(=O)CC(O)C(=O)NC(CC(C)(C)C)C(C)(C)C)C(C)(C)C. The highest BCUT2D eigenvalue weighted by atomic mass is 16.3. The molecule has 3 N–H and O–H groups in total. The minimum absolute atomic E-state index is 0.0338. The Balaban J connectivity index is 5.05. The Morgan fingerprint density at radius 3 is 1.34 bits per heavy atom. The van der Waals surface area contributed by atoms with Crippen LogP contribution in [0, 0.1) is 21.7 Å². The fraction of sp³-hybridized carbons (Fsp3) is 0.917. The third-order valence-corrected chi connectivity index (χ3v) is 5.06. The van der Waals surface area contributed by atoms with E-state index in [0.717, 1.165) is 12.8 Å². The van der Waals surface area contributed by atoms with Gasteiger partial charge in [-0.1, -0.05) is 83.1 Å². The Bertz CT molecular complexity index is 542. The average molecular weight is 413 g/mol. The number of hydrogen-bond acceptors (Lipinski definition) is 3. The van der Waals surface area contributed by atoms with Crippen LogP contribution in [-0.2, 0) is 9.59 Å². The van der Waals surface area contributed by atoms with Gasteiger partial charge in [-0.2, -0.15) is 0 Å². The largest absolute Gasteiger partial charge is 0.383 e. The number of rotatable bonds is 7. The van der Waals surface area contributed by atoms with E-state index in [1.54, 1.807) is 0 Å². The first kappa shape index (κ1) is 27.9. The van der Waals surface area contributed by atoms with Crippen molar-refractivity contribution < 1.29 is 14.7 Å². The molecule has 0 bridgehead atoms. The molecule has 0 radical (unpaired) electrons. The number of hydrogen-bond donors (Lipinski definition) is 3. The zero-order valence-electron chi connectivity index (χ0n) is 21.1. The number of nitrogens with one attached hydrogen (secondary N) is 2. The summed E-state index contributed by atoms with van der Waals surface area (Å²) in [7, 11) is 0. The molecule has 2 amide bonds. The van der Waals surface area contributed by atoms with E-state index < -0.39 is 12.0 Å². The van der Waals surface area contributed by atoms with Crippen LogP contribution in [0.15, 0.2) is 0 Å². The van der Waals surface area contributed by atoms with Gasteiger partial charge in [-0.15, -0.1) is 0 Å². The van der Waals surface area contributed by atoms with Crippen molar-refractivity contribution in [3.8, 4) is 0 Å². The second-order valence-corrected chi connectivity index (χ2v) is 13.2. The summed E-state index contributed by atoms with van der Waals surface area (Å²) in [6, 6.07) is -0.121. The molecule has 172 valence electrons. The van der Waals surface area contributed by atoms with Crippen molar-refractivity contribution in [1.82, 2.24) is 10.6 Å². The molecule has 0 aliphatic heterocycles. The van der Waals surface area contributed by atoms with Gasteiger partial charge in [0, 0.05) is 12.1 Å². The second-order valence-electron chi connectivity index (χ2n) is 13.2. The lowest BCUT2D eigenvalue weighted by atomic mass is 9.76. The predicted molar refractivity (Wildman–Crippen MR) is 122 cm³/mol. The highest BCUT2D eigenvalue weighted by Crippen LogP contribution is 2.31. The molecule has 0 aromatic rings. The minimum atomic E-state index is -1.35. The summed E-state index contributed by atoms with van der Waals surface area (Å²) in [6.45, 7) is 25.3. The maximum absolute atomic E-state index is 12.6. The van der Waals surface area contributed by atoms with E-state index in [4.69, 9.17) is 0 Å². The van der Waals surface area contributed by atoms with E-state index in [-0.39, 0.29) is 46.1 Å². The van der Waals surface area contributed by atoms with Crippen LogP contribution in [0.25, 0.3) is 0 Å². The molecule has 0 aromatic heterocycles. The van der Waals surface area contributed by atoms with E-state index in [1.165, 1.54) is 0 Å². The maximum Gasteiger partial charge on any atom is 0.249 e. The molecule has 0 aliphatic rings. The Hall–Kier alpha value is -1.10. The molecule has 0 aromatic carbocycles. The predicted octanol–water partition coefficient (Wildman–Crippen LogP) is 4.67. The Morgan fingerprint density at radius 1 is 0.690 bits per heavy atom. The molecule has 3 atom stereocenters. The normalized spacial score (nSPS) is 16.7. The molecule has 0 rings (SSSR count). The van der Waals surface area contributed by atoms with Crippen LogP contribution in [0.4, 0.5) is 0 Å². The third-order valence-electron chi connectivity index (χ3n) is 5.06. The van der Waals surface area contributed by atoms with Crippen molar-refractivity contribution in [2.75, 3.05) is 0 Å². The summed E-state index contributed by atoms with van der Waals surface area (Å²) in [5.41, 5.74) is -0.149. The van der Waals surface area contributed by atoms with Gasteiger partial charge in [0.2, 0.25) is 11.8 Å². The van der Waals surface area contributed by atoms with Crippen LogP contribution in [0.3, 0.4) is 0 Å². The number of carbonyl (C=O) groups excluding carboxylic acids is 2. The number of amides is 2. The van der Waals surface area contributed by atoms with Crippen LogP contribution < -0.4 is 10.6 Å². The number of carbonyl (C=O) groups is 2. The lowest BCUT2D eigenvalue weighted by Crippen LogP contribution is -2.51. The molecular weight excluding hydrogens is 364 g/mol. The summed E-state index contributed by atoms with van der Waals surface area (Å²) < 4.78 is 0. The molecule has 5 nitrogen and oxygen atoms in total. The van der Waals surface area contributed by atoms with Gasteiger partial charge in [0.15, 0.2) is 0 Å². The second kappa shape index (κ2) is 9.80. The maximum atomic E-state index is 12.6. The van der Waals surface area contributed by atoms with Crippen molar-refractivity contribution in [3.05, 3.63) is 0 Å². The first-order valence-electron chi connectivity index (χ1n) is 10.9. The molecule has 0 spiro atoms. The van der Waals surface area contributed by atoms with Gasteiger partial charge in [0.25, 0.3) is 0 Å². The minimum Gasteiger partial charge on any atom is -0.383 e. The van der Waals surface area contributed by atoms with Gasteiger partial charge in [-0.05, 0) is 34.5 Å². The van der Waals surface area contributed by atoms with Crippen LogP contribution in [-0.4, -0.2) is 35.1 Å². The summed E-state index contributed by atoms with van der Waals surface area (Å²) in [5, 5.41) is 16.4. The Labute approximate surface area is 179 Å². The average Bonchev–Trinajstić information content (AvgIpc) is 2.40. The van der Waals surface area contributed by atoms with Gasteiger partial charge < -0.3 is 15.7 Å². The van der Waals surface area contributed by atoms with Crippen LogP contribution in [0.2, 0.25) is 0 Å². The van der Waals surface area contributed by atoms with Crippen LogP contribution >= 0.6 is 0 Å². The topological polar surface area (TPSA) is 78.4 Å². The van der Waals surface area contributed by atoms with E-state index in [2.05, 4.69) is 93.7 Å². The van der Waals surface area contributed by atoms with Gasteiger partial charge in [0.1, 0.15) is 6.10 Å². The summed E-state index contributed by atoms with van der Waals surface area (Å²) in [4.78, 5) is 25.2. The Morgan fingerprint density at radius 2 is 1.03 bits per heavy atom. The van der Waals surface area contributed by atoms with E-state index in [0.29, 0.717) is 0 Å². The molecular formula is C24H48N2O3. The fourth-order valence-electron chi connectivity index (χ4n) is 3.16.